The second-order valence-corrected chi connectivity index (χ2v) is 17.4. The molecule has 0 saturated heterocycles. The summed E-state index contributed by atoms with van der Waals surface area (Å²) in [5.74, 6) is 1.19. The Balaban J connectivity index is 1.37. The van der Waals surface area contributed by atoms with Crippen LogP contribution in [0.5, 0.6) is 0 Å². The lowest BCUT2D eigenvalue weighted by Gasteiger charge is -2.64. The highest BCUT2D eigenvalue weighted by Crippen LogP contribution is 2.68. The Morgan fingerprint density at radius 2 is 1.61 bits per heavy atom. The van der Waals surface area contributed by atoms with E-state index in [-0.39, 0.29) is 62.9 Å². The summed E-state index contributed by atoms with van der Waals surface area (Å²) in [6.07, 6.45) is 11.0. The quantitative estimate of drug-likeness (QED) is 0.294. The van der Waals surface area contributed by atoms with Gasteiger partial charge in [-0.3, -0.25) is 9.59 Å². The predicted molar refractivity (Wildman–Crippen MR) is 184 cm³/mol. The Morgan fingerprint density at radius 3 is 2.28 bits per heavy atom. The molecule has 4 aliphatic carbocycles. The normalized spacial score (nSPS) is 40.2. The van der Waals surface area contributed by atoms with Crippen LogP contribution in [0.3, 0.4) is 0 Å². The SMILES string of the molecule is CC(=O)O[C@H]1CC[C@@H](C)C(CC[C@]2(C)[C@@H](C)C(=O)C=C3[C@@H]4C[C@@](C)(NC(=O)NCc5ccccc5)CC[C@]4(C)CC[C@]32C)C1(C)C. The first kappa shape index (κ1) is 34.7. The van der Waals surface area contributed by atoms with Gasteiger partial charge in [0.05, 0.1) is 0 Å². The summed E-state index contributed by atoms with van der Waals surface area (Å²) in [7, 11) is 0. The molecule has 1 unspecified atom stereocenters. The smallest absolute Gasteiger partial charge is 0.315 e. The van der Waals surface area contributed by atoms with Crippen molar-refractivity contribution in [3.63, 3.8) is 0 Å². The molecule has 0 heterocycles. The van der Waals surface area contributed by atoms with Gasteiger partial charge in [0.25, 0.3) is 0 Å². The van der Waals surface area contributed by atoms with Gasteiger partial charge in [0.15, 0.2) is 5.78 Å². The van der Waals surface area contributed by atoms with Crippen molar-refractivity contribution in [2.24, 2.45) is 45.3 Å². The van der Waals surface area contributed by atoms with Gasteiger partial charge in [-0.25, -0.2) is 4.79 Å². The zero-order chi connectivity index (χ0) is 33.7. The van der Waals surface area contributed by atoms with E-state index in [9.17, 15) is 14.4 Å². The maximum atomic E-state index is 13.9. The van der Waals surface area contributed by atoms with Gasteiger partial charge in [-0.05, 0) is 110 Å². The van der Waals surface area contributed by atoms with E-state index >= 15 is 0 Å². The summed E-state index contributed by atoms with van der Waals surface area (Å²) in [5, 5.41) is 6.43. The van der Waals surface area contributed by atoms with Gasteiger partial charge in [0.2, 0.25) is 0 Å². The van der Waals surface area contributed by atoms with Gasteiger partial charge < -0.3 is 15.4 Å². The van der Waals surface area contributed by atoms with Crippen LogP contribution < -0.4 is 10.6 Å². The first-order valence-corrected chi connectivity index (χ1v) is 18.0. The molecule has 4 aliphatic rings. The molecule has 2 amide bonds. The number of ether oxygens (including phenoxy) is 1. The number of hydrogen-bond acceptors (Lipinski definition) is 4. The first-order valence-electron chi connectivity index (χ1n) is 18.0. The number of esters is 1. The standard InChI is InChI=1S/C40H60N2O4/c1-26-15-16-34(46-28(3)43)36(4,5)30(26)17-18-39(8)27(2)33(44)23-31-32-24-38(7,21-19-37(32,6)20-22-40(31,39)9)42-35(45)41-25-29-13-11-10-12-14-29/h10-14,23,26-27,30,32,34H,15-22,24-25H2,1-9H3,(H2,41,42,45)/t26-,27+,30?,32+,34+,37-,38+,39-,40-/m1/s1. The molecule has 6 nitrogen and oxygen atoms in total. The molecule has 9 atom stereocenters. The van der Waals surface area contributed by atoms with E-state index in [2.05, 4.69) is 66.0 Å². The van der Waals surface area contributed by atoms with Gasteiger partial charge in [0, 0.05) is 30.3 Å². The summed E-state index contributed by atoms with van der Waals surface area (Å²) < 4.78 is 5.86. The van der Waals surface area contributed by atoms with Crippen LogP contribution in [0.1, 0.15) is 126 Å². The Labute approximate surface area is 278 Å². The fourth-order valence-electron chi connectivity index (χ4n) is 10.5. The number of nitrogens with one attached hydrogen (secondary N) is 2. The van der Waals surface area contributed by atoms with E-state index in [1.54, 1.807) is 0 Å². The molecule has 5 rings (SSSR count). The van der Waals surface area contributed by atoms with Crippen molar-refractivity contribution in [2.75, 3.05) is 0 Å². The number of ketones is 1. The van der Waals surface area contributed by atoms with Crippen LogP contribution in [0, 0.1) is 45.3 Å². The molecule has 1 aromatic carbocycles. The van der Waals surface area contributed by atoms with Crippen LogP contribution >= 0.6 is 0 Å². The van der Waals surface area contributed by atoms with Gasteiger partial charge in [-0.2, -0.15) is 0 Å². The zero-order valence-corrected chi connectivity index (χ0v) is 30.1. The molecular weight excluding hydrogens is 572 g/mol. The summed E-state index contributed by atoms with van der Waals surface area (Å²) in [6.45, 7) is 20.6. The van der Waals surface area contributed by atoms with Gasteiger partial charge in [0.1, 0.15) is 6.10 Å². The highest BCUT2D eigenvalue weighted by molar-refractivity contribution is 5.94. The average Bonchev–Trinajstić information content (AvgIpc) is 2.99. The molecule has 46 heavy (non-hydrogen) atoms. The van der Waals surface area contributed by atoms with E-state index in [0.717, 1.165) is 63.4 Å². The second kappa shape index (κ2) is 12.4. The molecule has 254 valence electrons. The number of allylic oxidation sites excluding steroid dienone is 2. The topological polar surface area (TPSA) is 84.5 Å². The molecule has 3 fully saturated rings. The third kappa shape index (κ3) is 6.19. The number of fused-ring (bicyclic) bond motifs is 3. The second-order valence-electron chi connectivity index (χ2n) is 17.4. The van der Waals surface area contributed by atoms with Crippen molar-refractivity contribution in [3.8, 4) is 0 Å². The summed E-state index contributed by atoms with van der Waals surface area (Å²) in [5.41, 5.74) is 1.77. The minimum absolute atomic E-state index is 0.0613. The van der Waals surface area contributed by atoms with E-state index in [4.69, 9.17) is 4.74 Å². The minimum atomic E-state index is -0.347. The van der Waals surface area contributed by atoms with Crippen molar-refractivity contribution in [1.29, 1.82) is 0 Å². The van der Waals surface area contributed by atoms with Crippen LogP contribution in [0.25, 0.3) is 0 Å². The van der Waals surface area contributed by atoms with E-state index in [0.29, 0.717) is 18.4 Å². The van der Waals surface area contributed by atoms with Crippen LogP contribution in [-0.2, 0) is 20.9 Å². The monoisotopic (exact) mass is 632 g/mol. The first-order chi connectivity index (χ1) is 21.4. The Morgan fingerprint density at radius 1 is 0.935 bits per heavy atom. The zero-order valence-electron chi connectivity index (χ0n) is 30.1. The fraction of sp³-hybridized carbons (Fsp3) is 0.725. The van der Waals surface area contributed by atoms with E-state index in [1.807, 2.05) is 36.4 Å². The molecule has 3 saturated carbocycles. The molecule has 0 aliphatic heterocycles. The summed E-state index contributed by atoms with van der Waals surface area (Å²) in [6, 6.07) is 9.88. The lowest BCUT2D eigenvalue weighted by atomic mass is 9.40. The maximum Gasteiger partial charge on any atom is 0.315 e. The number of amides is 2. The Hall–Kier alpha value is -2.63. The van der Waals surface area contributed by atoms with Crippen LogP contribution in [-0.4, -0.2) is 29.4 Å². The molecule has 2 N–H and O–H groups in total. The van der Waals surface area contributed by atoms with Crippen molar-refractivity contribution >= 4 is 17.8 Å². The highest BCUT2D eigenvalue weighted by Gasteiger charge is 2.62. The van der Waals surface area contributed by atoms with Crippen molar-refractivity contribution in [1.82, 2.24) is 10.6 Å². The van der Waals surface area contributed by atoms with Crippen LogP contribution in [0.2, 0.25) is 0 Å². The number of urea groups is 1. The third-order valence-corrected chi connectivity index (χ3v) is 14.2. The van der Waals surface area contributed by atoms with Crippen molar-refractivity contribution in [2.45, 2.75) is 138 Å². The molecule has 0 aromatic heterocycles. The lowest BCUT2D eigenvalue weighted by molar-refractivity contribution is -0.162. The van der Waals surface area contributed by atoms with Crippen LogP contribution in [0.4, 0.5) is 4.79 Å². The molecule has 0 spiro atoms. The molecular formula is C40H60N2O4. The van der Waals surface area contributed by atoms with Gasteiger partial charge in [-0.1, -0.05) is 84.4 Å². The van der Waals surface area contributed by atoms with Crippen LogP contribution in [0.15, 0.2) is 42.0 Å². The van der Waals surface area contributed by atoms with Gasteiger partial charge in [-0.15, -0.1) is 0 Å². The van der Waals surface area contributed by atoms with Gasteiger partial charge >= 0.3 is 12.0 Å². The fourth-order valence-corrected chi connectivity index (χ4v) is 10.5. The number of hydrogen-bond donors (Lipinski definition) is 2. The number of carbonyl (C=O) groups is 3. The maximum absolute atomic E-state index is 13.9. The average molecular weight is 633 g/mol. The number of carbonyl (C=O) groups excluding carboxylic acids is 3. The van der Waals surface area contributed by atoms with E-state index in [1.165, 1.54) is 12.5 Å². The highest BCUT2D eigenvalue weighted by atomic mass is 16.5. The van der Waals surface area contributed by atoms with E-state index < -0.39 is 0 Å². The number of rotatable bonds is 7. The number of benzene rings is 1. The lowest BCUT2D eigenvalue weighted by Crippen LogP contribution is -2.60. The minimum Gasteiger partial charge on any atom is -0.462 e. The Bertz CT molecular complexity index is 1350. The largest absolute Gasteiger partial charge is 0.462 e. The molecule has 1 aromatic rings. The van der Waals surface area contributed by atoms with Crippen molar-refractivity contribution < 1.29 is 19.1 Å². The molecule has 0 radical (unpaired) electrons. The Kier molecular flexibility index (Phi) is 9.38. The molecule has 6 heteroatoms. The predicted octanol–water partition coefficient (Wildman–Crippen LogP) is 8.79. The summed E-state index contributed by atoms with van der Waals surface area (Å²) >= 11 is 0. The molecule has 0 bridgehead atoms. The van der Waals surface area contributed by atoms with Crippen molar-refractivity contribution in [3.05, 3.63) is 47.5 Å². The third-order valence-electron chi connectivity index (χ3n) is 14.2. The summed E-state index contributed by atoms with van der Waals surface area (Å²) in [4.78, 5) is 39.1.